The molecule has 1 aromatic carbocycles. The third-order valence-corrected chi connectivity index (χ3v) is 4.27. The predicted octanol–water partition coefficient (Wildman–Crippen LogP) is 2.69. The molecule has 0 fully saturated rings. The average Bonchev–Trinajstić information content (AvgIpc) is 3.04. The lowest BCUT2D eigenvalue weighted by Gasteiger charge is -2.11. The van der Waals surface area contributed by atoms with Crippen LogP contribution in [0.2, 0.25) is 0 Å². The zero-order valence-electron chi connectivity index (χ0n) is 15.2. The summed E-state index contributed by atoms with van der Waals surface area (Å²) < 4.78 is 12.6. The van der Waals surface area contributed by atoms with Gasteiger partial charge < -0.3 is 15.2 Å². The van der Waals surface area contributed by atoms with Crippen molar-refractivity contribution in [3.8, 4) is 22.8 Å². The summed E-state index contributed by atoms with van der Waals surface area (Å²) in [5, 5.41) is 4.41. The van der Waals surface area contributed by atoms with E-state index >= 15 is 0 Å². The van der Waals surface area contributed by atoms with Crippen molar-refractivity contribution in [2.24, 2.45) is 5.73 Å². The number of methoxy groups -OCH3 is 2. The van der Waals surface area contributed by atoms with E-state index < -0.39 is 0 Å². The highest BCUT2D eigenvalue weighted by Gasteiger charge is 2.14. The number of hydrogen-bond acceptors (Lipinski definition) is 5. The lowest BCUT2D eigenvalue weighted by atomic mass is 10.1. The molecule has 3 aromatic rings. The van der Waals surface area contributed by atoms with E-state index in [0.29, 0.717) is 25.1 Å². The van der Waals surface area contributed by atoms with E-state index in [1.165, 1.54) is 0 Å². The van der Waals surface area contributed by atoms with Crippen LogP contribution in [-0.4, -0.2) is 34.9 Å². The number of carbonyl (C=O) groups excluding carboxylic acids is 1. The van der Waals surface area contributed by atoms with Gasteiger partial charge in [0.1, 0.15) is 17.0 Å². The van der Waals surface area contributed by atoms with E-state index in [1.807, 2.05) is 35.9 Å². The first kappa shape index (κ1) is 17.7. The van der Waals surface area contributed by atoms with Gasteiger partial charge in [-0.1, -0.05) is 0 Å². The Morgan fingerprint density at radius 1 is 1.23 bits per heavy atom. The maximum absolute atomic E-state index is 10.9. The molecule has 1 amide bonds. The summed E-state index contributed by atoms with van der Waals surface area (Å²) >= 11 is 0. The molecule has 0 bridgehead atoms. The molecule has 136 valence electrons. The highest BCUT2D eigenvalue weighted by atomic mass is 16.5. The van der Waals surface area contributed by atoms with Crippen molar-refractivity contribution in [2.75, 3.05) is 14.2 Å². The third kappa shape index (κ3) is 3.46. The molecule has 0 atom stereocenters. The highest BCUT2D eigenvalue weighted by molar-refractivity contribution is 5.83. The molecular formula is C19H22N4O3. The molecule has 0 unspecified atom stereocenters. The minimum absolute atomic E-state index is 0.301. The van der Waals surface area contributed by atoms with Gasteiger partial charge in [0.15, 0.2) is 0 Å². The smallest absolute Gasteiger partial charge is 0.217 e. The van der Waals surface area contributed by atoms with Crippen molar-refractivity contribution >= 4 is 16.9 Å². The average molecular weight is 354 g/mol. The molecule has 0 saturated heterocycles. The van der Waals surface area contributed by atoms with Gasteiger partial charge in [-0.25, -0.2) is 4.98 Å². The fourth-order valence-electron chi connectivity index (χ4n) is 3.02. The van der Waals surface area contributed by atoms with Crippen LogP contribution >= 0.6 is 0 Å². The zero-order chi connectivity index (χ0) is 18.7. The molecular weight excluding hydrogens is 332 g/mol. The normalized spacial score (nSPS) is 10.9. The molecule has 7 nitrogen and oxygen atoms in total. The number of hydrogen-bond donors (Lipinski definition) is 1. The minimum Gasteiger partial charge on any atom is -0.497 e. The Kier molecular flexibility index (Phi) is 5.06. The molecule has 2 N–H and O–H groups in total. The van der Waals surface area contributed by atoms with Gasteiger partial charge >= 0.3 is 0 Å². The van der Waals surface area contributed by atoms with Crippen LogP contribution in [-0.2, 0) is 11.3 Å². The van der Waals surface area contributed by atoms with Crippen LogP contribution in [0.4, 0.5) is 0 Å². The maximum atomic E-state index is 10.9. The summed E-state index contributed by atoms with van der Waals surface area (Å²) in [6, 6.07) is 7.66. The summed E-state index contributed by atoms with van der Waals surface area (Å²) in [5.74, 6) is 1.13. The zero-order valence-corrected chi connectivity index (χ0v) is 15.2. The number of benzene rings is 1. The van der Waals surface area contributed by atoms with Gasteiger partial charge in [0.2, 0.25) is 5.91 Å². The quantitative estimate of drug-likeness (QED) is 0.704. The van der Waals surface area contributed by atoms with Crippen molar-refractivity contribution in [3.63, 3.8) is 0 Å². The molecule has 0 spiro atoms. The molecule has 2 heterocycles. The predicted molar refractivity (Wildman–Crippen MR) is 99.2 cm³/mol. The second-order valence-corrected chi connectivity index (χ2v) is 6.06. The number of carbonyl (C=O) groups is 1. The molecule has 0 aliphatic carbocycles. The SMILES string of the molecule is COc1ccc(-c2cc(C)c3c(cnn3CCCC(N)=O)n2)c(OC)c1. The minimum atomic E-state index is -0.301. The second-order valence-electron chi connectivity index (χ2n) is 6.06. The first-order valence-corrected chi connectivity index (χ1v) is 8.37. The van der Waals surface area contributed by atoms with E-state index in [1.54, 1.807) is 20.4 Å². The van der Waals surface area contributed by atoms with Gasteiger partial charge in [-0.2, -0.15) is 5.10 Å². The van der Waals surface area contributed by atoms with Crippen LogP contribution in [0.5, 0.6) is 11.5 Å². The Hall–Kier alpha value is -3.09. The van der Waals surface area contributed by atoms with Gasteiger partial charge in [0.05, 0.1) is 31.6 Å². The first-order chi connectivity index (χ1) is 12.5. The molecule has 0 aliphatic rings. The fraction of sp³-hybridized carbons (Fsp3) is 0.316. The van der Waals surface area contributed by atoms with Crippen molar-refractivity contribution < 1.29 is 14.3 Å². The number of aryl methyl sites for hydroxylation is 2. The number of rotatable bonds is 7. The molecule has 7 heteroatoms. The largest absolute Gasteiger partial charge is 0.497 e. The Morgan fingerprint density at radius 2 is 2.04 bits per heavy atom. The molecule has 0 aliphatic heterocycles. The van der Waals surface area contributed by atoms with Gasteiger partial charge in [0.25, 0.3) is 0 Å². The van der Waals surface area contributed by atoms with Crippen LogP contribution in [0.3, 0.4) is 0 Å². The Morgan fingerprint density at radius 3 is 2.73 bits per heavy atom. The first-order valence-electron chi connectivity index (χ1n) is 8.37. The van der Waals surface area contributed by atoms with Crippen LogP contribution in [0.15, 0.2) is 30.5 Å². The third-order valence-electron chi connectivity index (χ3n) is 4.27. The fourth-order valence-corrected chi connectivity index (χ4v) is 3.02. The summed E-state index contributed by atoms with van der Waals surface area (Å²) in [5.41, 5.74) is 9.73. The number of nitrogens with zero attached hydrogens (tertiary/aromatic N) is 3. The van der Waals surface area contributed by atoms with Crippen LogP contribution in [0.25, 0.3) is 22.3 Å². The lowest BCUT2D eigenvalue weighted by molar-refractivity contribution is -0.118. The maximum Gasteiger partial charge on any atom is 0.217 e. The molecule has 3 rings (SSSR count). The van der Waals surface area contributed by atoms with Gasteiger partial charge in [0, 0.05) is 24.6 Å². The molecule has 2 aromatic heterocycles. The number of ether oxygens (including phenoxy) is 2. The van der Waals surface area contributed by atoms with Gasteiger partial charge in [-0.15, -0.1) is 0 Å². The van der Waals surface area contributed by atoms with E-state index in [4.69, 9.17) is 20.2 Å². The van der Waals surface area contributed by atoms with Crippen LogP contribution in [0.1, 0.15) is 18.4 Å². The Balaban J connectivity index is 1.99. The number of pyridine rings is 1. The summed E-state index contributed by atoms with van der Waals surface area (Å²) in [7, 11) is 3.25. The summed E-state index contributed by atoms with van der Waals surface area (Å²) in [6.45, 7) is 2.65. The summed E-state index contributed by atoms with van der Waals surface area (Å²) in [6.07, 6.45) is 2.74. The number of nitrogens with two attached hydrogens (primary N) is 1. The van der Waals surface area contributed by atoms with Crippen LogP contribution in [0, 0.1) is 6.92 Å². The molecule has 26 heavy (non-hydrogen) atoms. The van der Waals surface area contributed by atoms with Crippen LogP contribution < -0.4 is 15.2 Å². The number of aromatic nitrogens is 3. The van der Waals surface area contributed by atoms with Crippen molar-refractivity contribution in [1.29, 1.82) is 0 Å². The molecule has 0 radical (unpaired) electrons. The monoisotopic (exact) mass is 354 g/mol. The van der Waals surface area contributed by atoms with Crippen molar-refractivity contribution in [1.82, 2.24) is 14.8 Å². The van der Waals surface area contributed by atoms with Gasteiger partial charge in [-0.05, 0) is 37.1 Å². The lowest BCUT2D eigenvalue weighted by Crippen LogP contribution is -2.12. The van der Waals surface area contributed by atoms with E-state index in [2.05, 4.69) is 5.10 Å². The second kappa shape index (κ2) is 7.43. The Labute approximate surface area is 151 Å². The van der Waals surface area contributed by atoms with E-state index in [-0.39, 0.29) is 5.91 Å². The molecule has 0 saturated carbocycles. The topological polar surface area (TPSA) is 92.3 Å². The van der Waals surface area contributed by atoms with Crippen molar-refractivity contribution in [2.45, 2.75) is 26.3 Å². The highest BCUT2D eigenvalue weighted by Crippen LogP contribution is 2.34. The number of primary amides is 1. The standard InChI is InChI=1S/C19H22N4O3/c1-12-9-15(14-7-6-13(25-2)10-17(14)26-3)22-16-11-21-23(19(12)16)8-4-5-18(20)24/h6-7,9-11H,4-5,8H2,1-3H3,(H2,20,24). The van der Waals surface area contributed by atoms with Gasteiger partial charge in [-0.3, -0.25) is 9.48 Å². The van der Waals surface area contributed by atoms with E-state index in [9.17, 15) is 4.79 Å². The Bertz CT molecular complexity index is 949. The van der Waals surface area contributed by atoms with Crippen molar-refractivity contribution in [3.05, 3.63) is 36.0 Å². The number of fused-ring (bicyclic) bond motifs is 1. The summed E-state index contributed by atoms with van der Waals surface area (Å²) in [4.78, 5) is 15.7. The number of amides is 1. The van der Waals surface area contributed by atoms with E-state index in [0.717, 1.165) is 33.6 Å².